The van der Waals surface area contributed by atoms with Crippen LogP contribution in [0.4, 0.5) is 0 Å². The SMILES string of the molecule is COc1cccc(OCC#N)c1CN1C[C@@H]2CCCN2[C@H](C(c2ccccc2)c2ccccc2)C1. The smallest absolute Gasteiger partial charge is 0.174 e. The molecule has 5 nitrogen and oxygen atoms in total. The largest absolute Gasteiger partial charge is 0.496 e. The van der Waals surface area contributed by atoms with Crippen molar-refractivity contribution in [2.24, 2.45) is 0 Å². The van der Waals surface area contributed by atoms with E-state index >= 15 is 0 Å². The lowest BCUT2D eigenvalue weighted by Crippen LogP contribution is -2.57. The summed E-state index contributed by atoms with van der Waals surface area (Å²) >= 11 is 0. The molecule has 2 heterocycles. The summed E-state index contributed by atoms with van der Waals surface area (Å²) in [4.78, 5) is 5.32. The normalized spacial score (nSPS) is 20.4. The molecule has 2 aliphatic rings. The van der Waals surface area contributed by atoms with E-state index < -0.39 is 0 Å². The lowest BCUT2D eigenvalue weighted by atomic mass is 9.82. The minimum Gasteiger partial charge on any atom is -0.496 e. The van der Waals surface area contributed by atoms with E-state index in [9.17, 15) is 0 Å². The summed E-state index contributed by atoms with van der Waals surface area (Å²) < 4.78 is 11.5. The zero-order chi connectivity index (χ0) is 24.0. The van der Waals surface area contributed by atoms with Gasteiger partial charge in [-0.2, -0.15) is 5.26 Å². The standard InChI is InChI=1S/C30H33N3O2/c1-34-28-15-8-16-29(35-19-17-31)26(28)21-32-20-25-14-9-18-33(25)27(22-32)30(23-10-4-2-5-11-23)24-12-6-3-7-13-24/h2-8,10-13,15-16,25,27,30H,9,14,18-22H2,1H3/t25-,27-/m0/s1. The number of methoxy groups -OCH3 is 1. The number of rotatable bonds is 8. The van der Waals surface area contributed by atoms with E-state index in [1.807, 2.05) is 18.2 Å². The van der Waals surface area contributed by atoms with Crippen LogP contribution in [0.15, 0.2) is 78.9 Å². The van der Waals surface area contributed by atoms with E-state index in [0.717, 1.165) is 43.2 Å². The molecule has 0 saturated carbocycles. The Morgan fingerprint density at radius 2 is 1.60 bits per heavy atom. The number of hydrogen-bond donors (Lipinski definition) is 0. The third kappa shape index (κ3) is 5.05. The Balaban J connectivity index is 1.49. The Morgan fingerprint density at radius 3 is 2.26 bits per heavy atom. The Morgan fingerprint density at radius 1 is 0.914 bits per heavy atom. The molecule has 180 valence electrons. The van der Waals surface area contributed by atoms with Crippen molar-refractivity contribution < 1.29 is 9.47 Å². The number of hydrogen-bond acceptors (Lipinski definition) is 5. The Bertz CT molecular complexity index is 1110. The molecule has 0 N–H and O–H groups in total. The fourth-order valence-corrected chi connectivity index (χ4v) is 5.98. The highest BCUT2D eigenvalue weighted by Gasteiger charge is 2.42. The maximum atomic E-state index is 9.06. The monoisotopic (exact) mass is 467 g/mol. The highest BCUT2D eigenvalue weighted by atomic mass is 16.5. The van der Waals surface area contributed by atoms with Crippen LogP contribution in [0.3, 0.4) is 0 Å². The van der Waals surface area contributed by atoms with Crippen LogP contribution < -0.4 is 9.47 Å². The van der Waals surface area contributed by atoms with Gasteiger partial charge >= 0.3 is 0 Å². The minimum absolute atomic E-state index is 0.0310. The molecule has 2 aliphatic heterocycles. The summed E-state index contributed by atoms with van der Waals surface area (Å²) in [5, 5.41) is 9.06. The van der Waals surface area contributed by atoms with Crippen LogP contribution in [0, 0.1) is 11.3 Å². The van der Waals surface area contributed by atoms with Gasteiger partial charge in [-0.05, 0) is 42.6 Å². The molecule has 0 aromatic heterocycles. The zero-order valence-corrected chi connectivity index (χ0v) is 20.3. The molecule has 3 aromatic rings. The van der Waals surface area contributed by atoms with Gasteiger partial charge in [0.25, 0.3) is 0 Å². The summed E-state index contributed by atoms with van der Waals surface area (Å²) in [5.41, 5.74) is 3.75. The zero-order valence-electron chi connectivity index (χ0n) is 20.3. The molecule has 0 unspecified atom stereocenters. The highest BCUT2D eigenvalue weighted by molar-refractivity contribution is 5.45. The second-order valence-corrected chi connectivity index (χ2v) is 9.48. The molecule has 0 amide bonds. The molecule has 2 fully saturated rings. The van der Waals surface area contributed by atoms with E-state index in [2.05, 4.69) is 76.5 Å². The van der Waals surface area contributed by atoms with Crippen LogP contribution in [0.25, 0.3) is 0 Å². The summed E-state index contributed by atoms with van der Waals surface area (Å²) in [6, 6.07) is 30.8. The van der Waals surface area contributed by atoms with Crippen molar-refractivity contribution in [3.8, 4) is 17.6 Å². The van der Waals surface area contributed by atoms with Gasteiger partial charge in [0.2, 0.25) is 0 Å². The predicted molar refractivity (Wildman–Crippen MR) is 138 cm³/mol. The quantitative estimate of drug-likeness (QED) is 0.463. The highest BCUT2D eigenvalue weighted by Crippen LogP contribution is 2.39. The number of benzene rings is 3. The van der Waals surface area contributed by atoms with E-state index in [0.29, 0.717) is 18.0 Å². The van der Waals surface area contributed by atoms with Crippen molar-refractivity contribution in [2.45, 2.75) is 37.4 Å². The van der Waals surface area contributed by atoms with Gasteiger partial charge in [0.05, 0.1) is 12.7 Å². The average Bonchev–Trinajstić information content (AvgIpc) is 3.38. The second kappa shape index (κ2) is 10.9. The van der Waals surface area contributed by atoms with Crippen molar-refractivity contribution in [3.63, 3.8) is 0 Å². The molecule has 0 bridgehead atoms. The first-order valence-corrected chi connectivity index (χ1v) is 12.5. The number of nitrogens with zero attached hydrogens (tertiary/aromatic N) is 3. The van der Waals surface area contributed by atoms with Crippen LogP contribution >= 0.6 is 0 Å². The van der Waals surface area contributed by atoms with E-state index in [1.165, 1.54) is 24.0 Å². The first-order chi connectivity index (χ1) is 17.3. The van der Waals surface area contributed by atoms with E-state index in [-0.39, 0.29) is 6.61 Å². The fourth-order valence-electron chi connectivity index (χ4n) is 5.98. The van der Waals surface area contributed by atoms with Crippen molar-refractivity contribution >= 4 is 0 Å². The summed E-state index contributed by atoms with van der Waals surface area (Å²) in [6.07, 6.45) is 2.48. The topological polar surface area (TPSA) is 48.7 Å². The Hall–Kier alpha value is -3.33. The van der Waals surface area contributed by atoms with Crippen LogP contribution in [0.5, 0.6) is 11.5 Å². The van der Waals surface area contributed by atoms with Crippen molar-refractivity contribution in [2.75, 3.05) is 33.4 Å². The summed E-state index contributed by atoms with van der Waals surface area (Å²) in [6.45, 7) is 3.92. The van der Waals surface area contributed by atoms with Gasteiger partial charge in [-0.25, -0.2) is 0 Å². The summed E-state index contributed by atoms with van der Waals surface area (Å²) in [7, 11) is 1.70. The van der Waals surface area contributed by atoms with Crippen molar-refractivity contribution in [1.29, 1.82) is 5.26 Å². The number of nitriles is 1. The minimum atomic E-state index is 0.0310. The van der Waals surface area contributed by atoms with Gasteiger partial charge in [0.1, 0.15) is 17.6 Å². The number of piperazine rings is 1. The molecule has 2 saturated heterocycles. The first kappa shape index (κ1) is 23.4. The van der Waals surface area contributed by atoms with Gasteiger partial charge in [-0.3, -0.25) is 9.80 Å². The fraction of sp³-hybridized carbons (Fsp3) is 0.367. The van der Waals surface area contributed by atoms with Crippen molar-refractivity contribution in [3.05, 3.63) is 95.6 Å². The van der Waals surface area contributed by atoms with Gasteiger partial charge < -0.3 is 9.47 Å². The van der Waals surface area contributed by atoms with E-state index in [1.54, 1.807) is 7.11 Å². The third-order valence-electron chi connectivity index (χ3n) is 7.45. The maximum absolute atomic E-state index is 9.06. The van der Waals surface area contributed by atoms with Crippen LogP contribution in [-0.4, -0.2) is 55.2 Å². The molecular weight excluding hydrogens is 434 g/mol. The molecule has 5 heteroatoms. The molecule has 0 aliphatic carbocycles. The Labute approximate surface area is 208 Å². The average molecular weight is 468 g/mol. The first-order valence-electron chi connectivity index (χ1n) is 12.5. The predicted octanol–water partition coefficient (Wildman–Crippen LogP) is 5.08. The molecule has 0 spiro atoms. The molecule has 2 atom stereocenters. The molecular formula is C30H33N3O2. The van der Waals surface area contributed by atoms with Crippen LogP contribution in [0.1, 0.15) is 35.4 Å². The van der Waals surface area contributed by atoms with Gasteiger partial charge in [0.15, 0.2) is 6.61 Å². The number of ether oxygens (including phenoxy) is 2. The van der Waals surface area contributed by atoms with Crippen molar-refractivity contribution in [1.82, 2.24) is 9.80 Å². The summed E-state index contributed by atoms with van der Waals surface area (Å²) in [5.74, 6) is 1.85. The third-order valence-corrected chi connectivity index (χ3v) is 7.45. The number of fused-ring (bicyclic) bond motifs is 1. The lowest BCUT2D eigenvalue weighted by Gasteiger charge is -2.47. The second-order valence-electron chi connectivity index (χ2n) is 9.48. The lowest BCUT2D eigenvalue weighted by molar-refractivity contribution is 0.0376. The molecule has 35 heavy (non-hydrogen) atoms. The van der Waals surface area contributed by atoms with Gasteiger partial charge in [-0.1, -0.05) is 66.7 Å². The molecule has 5 rings (SSSR count). The van der Waals surface area contributed by atoms with Gasteiger partial charge in [-0.15, -0.1) is 0 Å². The molecule has 0 radical (unpaired) electrons. The van der Waals surface area contributed by atoms with Crippen LogP contribution in [-0.2, 0) is 6.54 Å². The maximum Gasteiger partial charge on any atom is 0.174 e. The van der Waals surface area contributed by atoms with E-state index in [4.69, 9.17) is 14.7 Å². The van der Waals surface area contributed by atoms with Crippen LogP contribution in [0.2, 0.25) is 0 Å². The molecule has 3 aromatic carbocycles. The van der Waals surface area contributed by atoms with Gasteiger partial charge in [0, 0.05) is 37.6 Å². The Kier molecular flexibility index (Phi) is 7.32.